The summed E-state index contributed by atoms with van der Waals surface area (Å²) < 4.78 is 14.9. The Morgan fingerprint density at radius 3 is 2.46 bits per heavy atom. The summed E-state index contributed by atoms with van der Waals surface area (Å²) in [6.07, 6.45) is 1.18. The number of rotatable bonds is 8. The summed E-state index contributed by atoms with van der Waals surface area (Å²) in [6, 6.07) is -0.391. The zero-order valence-corrected chi connectivity index (χ0v) is 14.8. The van der Waals surface area contributed by atoms with Crippen molar-refractivity contribution < 1.29 is 33.7 Å². The van der Waals surface area contributed by atoms with Gasteiger partial charge in [-0.15, -0.1) is 0 Å². The molecule has 0 radical (unpaired) electrons. The van der Waals surface area contributed by atoms with Gasteiger partial charge in [-0.3, -0.25) is 4.79 Å². The fourth-order valence-corrected chi connectivity index (χ4v) is 3.42. The minimum atomic E-state index is -0.893. The topological polar surface area (TPSA) is 102 Å². The van der Waals surface area contributed by atoms with Gasteiger partial charge in [0.1, 0.15) is 25.0 Å². The van der Waals surface area contributed by atoms with Crippen LogP contribution in [-0.4, -0.2) is 60.0 Å². The second-order valence-corrected chi connectivity index (χ2v) is 6.11. The van der Waals surface area contributed by atoms with E-state index in [4.69, 9.17) is 14.2 Å². The molecule has 0 spiro atoms. The maximum atomic E-state index is 12.6. The van der Waals surface area contributed by atoms with Gasteiger partial charge in [-0.05, 0) is 12.5 Å². The summed E-state index contributed by atoms with van der Waals surface area (Å²) in [4.78, 5) is 37.8. The van der Waals surface area contributed by atoms with E-state index in [2.05, 4.69) is 13.2 Å². The van der Waals surface area contributed by atoms with Crippen LogP contribution in [0.25, 0.3) is 0 Å². The van der Waals surface area contributed by atoms with E-state index in [9.17, 15) is 19.5 Å². The Morgan fingerprint density at radius 2 is 1.88 bits per heavy atom. The lowest BCUT2D eigenvalue weighted by atomic mass is 9.78. The van der Waals surface area contributed by atoms with Crippen LogP contribution in [-0.2, 0) is 23.8 Å². The van der Waals surface area contributed by atoms with Crippen molar-refractivity contribution >= 4 is 18.0 Å². The molecule has 1 amide bonds. The fraction of sp³-hybridized carbons (Fsp3) is 0.500. The first-order valence-corrected chi connectivity index (χ1v) is 8.28. The summed E-state index contributed by atoms with van der Waals surface area (Å²) in [5.74, 6) is -1.95. The number of aliphatic hydroxyl groups excluding tert-OH is 1. The molecule has 1 fully saturated rings. The van der Waals surface area contributed by atoms with Gasteiger partial charge < -0.3 is 24.2 Å². The third-order valence-corrected chi connectivity index (χ3v) is 4.60. The van der Waals surface area contributed by atoms with Gasteiger partial charge in [-0.25, -0.2) is 9.59 Å². The Balaban J connectivity index is 2.14. The minimum absolute atomic E-state index is 0.000205. The molecule has 1 N–H and O–H groups in total. The van der Waals surface area contributed by atoms with Crippen LogP contribution in [0.3, 0.4) is 0 Å². The lowest BCUT2D eigenvalue weighted by Crippen LogP contribution is -2.64. The first-order valence-electron chi connectivity index (χ1n) is 8.28. The number of fused-ring (bicyclic) bond motifs is 1. The van der Waals surface area contributed by atoms with Crippen molar-refractivity contribution in [3.05, 3.63) is 36.6 Å². The normalized spacial score (nSPS) is 25.1. The number of ether oxygens (including phenoxy) is 3. The molecule has 0 aromatic rings. The molecular formula is C18H23NO7. The van der Waals surface area contributed by atoms with E-state index >= 15 is 0 Å². The Bertz CT molecular complexity index is 654. The Morgan fingerprint density at radius 1 is 1.27 bits per heavy atom. The van der Waals surface area contributed by atoms with E-state index in [1.807, 2.05) is 0 Å². The van der Waals surface area contributed by atoms with Crippen LogP contribution >= 0.6 is 0 Å². The molecule has 142 valence electrons. The second-order valence-electron chi connectivity index (χ2n) is 6.11. The van der Waals surface area contributed by atoms with Crippen LogP contribution in [0.5, 0.6) is 0 Å². The molecule has 2 heterocycles. The zero-order valence-electron chi connectivity index (χ0n) is 14.8. The molecule has 0 aliphatic carbocycles. The van der Waals surface area contributed by atoms with Crippen molar-refractivity contribution in [1.82, 2.24) is 4.90 Å². The van der Waals surface area contributed by atoms with E-state index in [0.29, 0.717) is 5.57 Å². The highest BCUT2D eigenvalue weighted by Gasteiger charge is 2.60. The molecule has 4 unspecified atom stereocenters. The number of nitrogens with zero attached hydrogens (tertiary/aromatic N) is 1. The number of amides is 1. The molecular weight excluding hydrogens is 342 g/mol. The monoisotopic (exact) mass is 365 g/mol. The number of carbonyl (C=O) groups is 3. The zero-order chi connectivity index (χ0) is 19.4. The minimum Gasteiger partial charge on any atom is -0.457 e. The smallest absolute Gasteiger partial charge is 0.457 e. The van der Waals surface area contributed by atoms with Gasteiger partial charge in [0, 0.05) is 5.92 Å². The van der Waals surface area contributed by atoms with Crippen molar-refractivity contribution in [1.29, 1.82) is 0 Å². The quantitative estimate of drug-likeness (QED) is 0.391. The largest absolute Gasteiger partial charge is 0.508 e. The highest BCUT2D eigenvalue weighted by atomic mass is 16.7. The lowest BCUT2D eigenvalue weighted by molar-refractivity contribution is -0.164. The maximum Gasteiger partial charge on any atom is 0.508 e. The molecule has 8 heteroatoms. The fourth-order valence-electron chi connectivity index (χ4n) is 3.42. The maximum absolute atomic E-state index is 12.6. The van der Waals surface area contributed by atoms with Gasteiger partial charge in [0.2, 0.25) is 5.91 Å². The van der Waals surface area contributed by atoms with Crippen LogP contribution in [0.15, 0.2) is 36.6 Å². The second kappa shape index (κ2) is 8.18. The van der Waals surface area contributed by atoms with E-state index in [-0.39, 0.29) is 37.3 Å². The van der Waals surface area contributed by atoms with Gasteiger partial charge in [0.25, 0.3) is 0 Å². The molecule has 8 nitrogen and oxygen atoms in total. The summed E-state index contributed by atoms with van der Waals surface area (Å²) in [6.45, 7) is 9.93. The summed E-state index contributed by atoms with van der Waals surface area (Å²) >= 11 is 0. The van der Waals surface area contributed by atoms with Gasteiger partial charge in [-0.1, -0.05) is 32.2 Å². The molecule has 4 atom stereocenters. The lowest BCUT2D eigenvalue weighted by Gasteiger charge is -2.47. The number of hydrogen-bond acceptors (Lipinski definition) is 7. The van der Waals surface area contributed by atoms with Gasteiger partial charge in [0.05, 0.1) is 18.6 Å². The highest BCUT2D eigenvalue weighted by Crippen LogP contribution is 2.47. The third-order valence-electron chi connectivity index (χ3n) is 4.60. The van der Waals surface area contributed by atoms with Crippen LogP contribution in [0.2, 0.25) is 0 Å². The highest BCUT2D eigenvalue weighted by molar-refractivity contribution is 6.00. The first-order chi connectivity index (χ1) is 12.4. The molecule has 26 heavy (non-hydrogen) atoms. The average Bonchev–Trinajstić information content (AvgIpc) is 2.86. The molecule has 1 saturated heterocycles. The van der Waals surface area contributed by atoms with Gasteiger partial charge >= 0.3 is 12.1 Å². The number of carbonyl (C=O) groups excluding carboxylic acids is 3. The molecule has 2 aliphatic rings. The van der Waals surface area contributed by atoms with Gasteiger partial charge in [0.15, 0.2) is 0 Å². The summed E-state index contributed by atoms with van der Waals surface area (Å²) in [5, 5.41) is 9.66. The van der Waals surface area contributed by atoms with E-state index < -0.39 is 30.2 Å². The van der Waals surface area contributed by atoms with Crippen molar-refractivity contribution in [2.24, 2.45) is 11.8 Å². The van der Waals surface area contributed by atoms with Crippen LogP contribution < -0.4 is 0 Å². The Hall–Kier alpha value is -2.61. The van der Waals surface area contributed by atoms with Crippen molar-refractivity contribution in [2.45, 2.75) is 26.0 Å². The van der Waals surface area contributed by atoms with E-state index in [1.165, 1.54) is 17.1 Å². The number of esters is 1. The molecule has 2 rings (SSSR count). The Labute approximate surface area is 151 Å². The predicted octanol–water partition coefficient (Wildman–Crippen LogP) is 1.17. The number of β-lactam (4-membered cyclic amide) rings is 1. The van der Waals surface area contributed by atoms with Gasteiger partial charge in [-0.2, -0.15) is 0 Å². The van der Waals surface area contributed by atoms with Crippen LogP contribution in [0.4, 0.5) is 4.79 Å². The molecule has 2 aliphatic heterocycles. The predicted molar refractivity (Wildman–Crippen MR) is 90.6 cm³/mol. The average molecular weight is 365 g/mol. The molecule has 0 saturated carbocycles. The number of hydrogen-bond donors (Lipinski definition) is 1. The van der Waals surface area contributed by atoms with Crippen LogP contribution in [0, 0.1) is 11.8 Å². The third kappa shape index (κ3) is 3.37. The standard InChI is InChI=1S/C18H23NO7/c1-5-7-24-17(22)15-12(9-20)10(3)14-13(16(21)19(14)15)11(4)26-18(23)25-8-6-2/h5-6,10-11,13-14,20H,1-2,7-9H2,3-4H3. The molecule has 0 aromatic heterocycles. The van der Waals surface area contributed by atoms with Crippen molar-refractivity contribution in [3.8, 4) is 0 Å². The SMILES string of the molecule is C=CCOC(=O)OC(C)C1C(=O)N2C(C(=O)OCC=C)=C(CO)C(C)C12. The van der Waals surface area contributed by atoms with Crippen molar-refractivity contribution in [3.63, 3.8) is 0 Å². The summed E-state index contributed by atoms with van der Waals surface area (Å²) in [7, 11) is 0. The summed E-state index contributed by atoms with van der Waals surface area (Å²) in [5.41, 5.74) is 0.496. The molecule has 0 bridgehead atoms. The van der Waals surface area contributed by atoms with Crippen LogP contribution in [0.1, 0.15) is 13.8 Å². The Kier molecular flexibility index (Phi) is 6.20. The van der Waals surface area contributed by atoms with E-state index in [0.717, 1.165) is 0 Å². The molecule has 0 aromatic carbocycles. The number of aliphatic hydroxyl groups is 1. The van der Waals surface area contributed by atoms with Crippen molar-refractivity contribution in [2.75, 3.05) is 19.8 Å². The van der Waals surface area contributed by atoms with E-state index in [1.54, 1.807) is 13.8 Å². The first kappa shape index (κ1) is 19.7.